The first-order chi connectivity index (χ1) is 31.6. The molecule has 2 rings (SSSR count). The number of hydrogen-bond donors (Lipinski definition) is 9. The Morgan fingerprint density at radius 2 is 1.29 bits per heavy atom. The fourth-order valence-electron chi connectivity index (χ4n) is 8.67. The third-order valence-electron chi connectivity index (χ3n) is 12.9. The molecule has 2 bridgehead atoms. The Morgan fingerprint density at radius 3 is 1.94 bits per heavy atom. The van der Waals surface area contributed by atoms with Gasteiger partial charge < -0.3 is 55.2 Å². The summed E-state index contributed by atoms with van der Waals surface area (Å²) in [5, 5.41) is 90.3. The number of phosphoric acid groups is 1. The van der Waals surface area contributed by atoms with Gasteiger partial charge in [-0.1, -0.05) is 141 Å². The maximum atomic E-state index is 13.6. The molecule has 0 spiro atoms. The molecular weight excluding hydrogens is 875 g/mol. The Bertz CT molecular complexity index is 1380. The first kappa shape index (κ1) is 60.3. The van der Waals surface area contributed by atoms with Gasteiger partial charge >= 0.3 is 19.8 Å². The summed E-state index contributed by atoms with van der Waals surface area (Å²) in [6.45, 7) is 2.86. The number of phosphoric ester groups is 1. The molecule has 66 heavy (non-hydrogen) atoms. The highest BCUT2D eigenvalue weighted by Crippen LogP contribution is 2.47. The zero-order valence-corrected chi connectivity index (χ0v) is 41.0. The Labute approximate surface area is 394 Å². The van der Waals surface area contributed by atoms with Crippen molar-refractivity contribution in [1.29, 1.82) is 0 Å². The van der Waals surface area contributed by atoms with Gasteiger partial charge in [0.1, 0.15) is 31.0 Å². The summed E-state index contributed by atoms with van der Waals surface area (Å²) in [7, 11) is -5.43. The lowest BCUT2D eigenvalue weighted by Crippen LogP contribution is -2.55. The number of aliphatic hydroxyl groups excluding tert-OH is 8. The van der Waals surface area contributed by atoms with Gasteiger partial charge in [0, 0.05) is 31.1 Å². The lowest BCUT2D eigenvalue weighted by molar-refractivity contribution is -0.167. The molecule has 2 aliphatic rings. The monoisotopic (exact) mass is 965 g/mol. The normalized spacial score (nSPS) is 32.1. The van der Waals surface area contributed by atoms with E-state index in [1.165, 1.54) is 50.7 Å². The molecule has 17 heteroatoms. The number of cyclic esters (lactones) is 1. The number of hydrogen-bond acceptors (Lipinski definition) is 15. The van der Waals surface area contributed by atoms with Crippen LogP contribution in [0.4, 0.5) is 0 Å². The molecule has 386 valence electrons. The summed E-state index contributed by atoms with van der Waals surface area (Å²) >= 11 is 0. The molecule has 0 aromatic heterocycles. The molecule has 0 aromatic rings. The van der Waals surface area contributed by atoms with E-state index in [0.717, 1.165) is 64.2 Å². The maximum absolute atomic E-state index is 13.6. The highest BCUT2D eigenvalue weighted by Gasteiger charge is 2.49. The van der Waals surface area contributed by atoms with Gasteiger partial charge in [0.2, 0.25) is 0 Å². The van der Waals surface area contributed by atoms with E-state index in [-0.39, 0.29) is 19.3 Å². The summed E-state index contributed by atoms with van der Waals surface area (Å²) in [6.07, 6.45) is 9.37. The topological polar surface area (TPSA) is 270 Å². The molecule has 1 saturated carbocycles. The summed E-state index contributed by atoms with van der Waals surface area (Å²) < 4.78 is 34.8. The third kappa shape index (κ3) is 25.2. The van der Waals surface area contributed by atoms with Crippen molar-refractivity contribution in [1.82, 2.24) is 0 Å². The minimum absolute atomic E-state index is 0.00889. The van der Waals surface area contributed by atoms with Crippen LogP contribution in [0.2, 0.25) is 0 Å². The van der Waals surface area contributed by atoms with Crippen molar-refractivity contribution in [3.63, 3.8) is 0 Å². The van der Waals surface area contributed by atoms with E-state index in [0.29, 0.717) is 44.9 Å². The van der Waals surface area contributed by atoms with Gasteiger partial charge in [-0.3, -0.25) is 18.6 Å². The average molecular weight is 965 g/mol. The van der Waals surface area contributed by atoms with E-state index in [1.54, 1.807) is 0 Å². The van der Waals surface area contributed by atoms with Crippen molar-refractivity contribution in [3.8, 4) is 0 Å². The second kappa shape index (κ2) is 35.3. The molecule has 0 radical (unpaired) electrons. The van der Waals surface area contributed by atoms with E-state index in [9.17, 15) is 59.9 Å². The number of unbranched alkanes of at least 4 members (excludes halogenated alkanes) is 15. The first-order valence-corrected chi connectivity index (χ1v) is 26.9. The number of carbonyl (C=O) groups excluding carboxylic acids is 2. The Morgan fingerprint density at radius 1 is 0.712 bits per heavy atom. The van der Waals surface area contributed by atoms with E-state index in [4.69, 9.17) is 18.5 Å². The molecule has 2 fully saturated rings. The highest BCUT2D eigenvalue weighted by molar-refractivity contribution is 7.47. The average Bonchev–Trinajstić information content (AvgIpc) is 3.28. The summed E-state index contributed by atoms with van der Waals surface area (Å²) in [4.78, 5) is 36.6. The van der Waals surface area contributed by atoms with E-state index in [2.05, 4.69) is 19.1 Å². The minimum atomic E-state index is -5.43. The van der Waals surface area contributed by atoms with Crippen LogP contribution in [0.1, 0.15) is 187 Å². The lowest BCUT2D eigenvalue weighted by atomic mass is 9.82. The molecule has 0 amide bonds. The van der Waals surface area contributed by atoms with Gasteiger partial charge in [-0.2, -0.15) is 0 Å². The number of ether oxygens (including phenoxy) is 2. The standard InChI is InChI=1S/C49H89O16P/c1-3-5-7-8-9-10-11-12-13-14-15-16-17-18-19-20-26-30-43(54)64-37-34-62-42(53)29-25-22-21-24-28-38-40(51)33-41(52)39(32-31-36(50)27-23-6-4-2)45(56)47(58)49(48(59)46(57)44(38)55)65-66(60,61)63-35-37/h12-13,31-32,36-41,44-52,55-59H,3-11,14-30,33-35H2,1-2H3,(H,60,61)/b13-12-,32-31+/t36-,37+,38-,39-,40-,41+,44+,45+,46-,47+,48+,49+/m0/s1. The summed E-state index contributed by atoms with van der Waals surface area (Å²) in [5.41, 5.74) is 0. The first-order valence-electron chi connectivity index (χ1n) is 25.4. The fourth-order valence-corrected chi connectivity index (χ4v) is 9.64. The van der Waals surface area contributed by atoms with E-state index >= 15 is 0 Å². The number of fused-ring (bicyclic) bond motifs is 4. The predicted octanol–water partition coefficient (Wildman–Crippen LogP) is 6.78. The fraction of sp³-hybridized carbons (Fsp3) is 0.878. The van der Waals surface area contributed by atoms with E-state index in [1.807, 2.05) is 6.92 Å². The molecule has 0 aromatic carbocycles. The summed E-state index contributed by atoms with van der Waals surface area (Å²) in [6, 6.07) is 0. The Kier molecular flexibility index (Phi) is 32.3. The van der Waals surface area contributed by atoms with Crippen LogP contribution in [-0.2, 0) is 32.7 Å². The predicted molar refractivity (Wildman–Crippen MR) is 251 cm³/mol. The zero-order valence-electron chi connectivity index (χ0n) is 40.1. The van der Waals surface area contributed by atoms with Gasteiger partial charge in [0.15, 0.2) is 6.10 Å². The van der Waals surface area contributed by atoms with Crippen LogP contribution in [0.5, 0.6) is 0 Å². The second-order valence-corrected chi connectivity index (χ2v) is 20.0. The van der Waals surface area contributed by atoms with Crippen LogP contribution in [0.15, 0.2) is 24.3 Å². The third-order valence-corrected chi connectivity index (χ3v) is 13.8. The van der Waals surface area contributed by atoms with Gasteiger partial charge in [0.25, 0.3) is 0 Å². The van der Waals surface area contributed by atoms with Crippen molar-refractivity contribution in [2.45, 2.75) is 248 Å². The van der Waals surface area contributed by atoms with Gasteiger partial charge in [-0.15, -0.1) is 0 Å². The maximum Gasteiger partial charge on any atom is 0.472 e. The second-order valence-electron chi connectivity index (χ2n) is 18.6. The molecule has 9 N–H and O–H groups in total. The quantitative estimate of drug-likeness (QED) is 0.0209. The Hall–Kier alpha value is -1.79. The van der Waals surface area contributed by atoms with Crippen molar-refractivity contribution in [2.75, 3.05) is 13.2 Å². The number of carbonyl (C=O) groups is 2. The van der Waals surface area contributed by atoms with Crippen molar-refractivity contribution < 1.29 is 78.4 Å². The number of esters is 2. The molecule has 1 aliphatic carbocycles. The van der Waals surface area contributed by atoms with E-state index < -0.39 is 112 Å². The van der Waals surface area contributed by atoms with Crippen LogP contribution in [0.25, 0.3) is 0 Å². The molecule has 1 saturated heterocycles. The zero-order chi connectivity index (χ0) is 48.7. The van der Waals surface area contributed by atoms with Crippen molar-refractivity contribution >= 4 is 19.8 Å². The Balaban J connectivity index is 2.13. The van der Waals surface area contributed by atoms with Gasteiger partial charge in [0.05, 0.1) is 37.1 Å². The number of allylic oxidation sites excluding steroid dienone is 2. The van der Waals surface area contributed by atoms with Gasteiger partial charge in [-0.05, 0) is 51.4 Å². The minimum Gasteiger partial charge on any atom is -0.462 e. The van der Waals surface area contributed by atoms with Crippen LogP contribution in [0, 0.1) is 11.8 Å². The molecule has 1 aliphatic heterocycles. The number of aliphatic hydroxyl groups is 8. The molecule has 13 atom stereocenters. The van der Waals surface area contributed by atoms with Crippen LogP contribution in [0.3, 0.4) is 0 Å². The lowest BCUT2D eigenvalue weighted by Gasteiger charge is -2.37. The molecule has 1 heterocycles. The summed E-state index contributed by atoms with van der Waals surface area (Å²) in [5.74, 6) is -3.89. The van der Waals surface area contributed by atoms with Gasteiger partial charge in [-0.25, -0.2) is 4.57 Å². The molecular formula is C49H89O16P. The molecule has 1 unspecified atom stereocenters. The van der Waals surface area contributed by atoms with Crippen molar-refractivity contribution in [3.05, 3.63) is 24.3 Å². The smallest absolute Gasteiger partial charge is 0.462 e. The van der Waals surface area contributed by atoms with Crippen LogP contribution < -0.4 is 0 Å². The highest BCUT2D eigenvalue weighted by atomic mass is 31.2. The molecule has 16 nitrogen and oxygen atoms in total. The largest absolute Gasteiger partial charge is 0.472 e. The van der Waals surface area contributed by atoms with Crippen molar-refractivity contribution in [2.24, 2.45) is 11.8 Å². The SMILES string of the molecule is CCCCCCCC/C=C\CCCCCCCCCC(=O)O[C@@H]1COC(=O)CCCCCC[C@@H]2[C@@H](O)[C@H](O)[C@@H](O)[C@H](OP(=O)(O)OC1)[C@H](O)[C@H](O)[C@@H](/C=C/[C@@H](O)CCCCC)[C@H](O)C[C@@H]2O. The number of rotatable bonds is 24. The van der Waals surface area contributed by atoms with Crippen LogP contribution >= 0.6 is 7.82 Å². The van der Waals surface area contributed by atoms with Crippen LogP contribution in [-0.4, -0.2) is 132 Å².